The topological polar surface area (TPSA) is 102 Å². The number of phenolic OH excluding ortho intramolecular Hbond substituents is 1. The molecule has 7 heteroatoms. The molecule has 0 heterocycles. The summed E-state index contributed by atoms with van der Waals surface area (Å²) in [7, 11) is 1.58. The van der Waals surface area contributed by atoms with Gasteiger partial charge in [0.05, 0.1) is 28.7 Å². The molecule has 0 aliphatic heterocycles. The van der Waals surface area contributed by atoms with Gasteiger partial charge in [-0.15, -0.1) is 0 Å². The molecule has 2 rings (SSSR count). The van der Waals surface area contributed by atoms with Crippen LogP contribution in [0.5, 0.6) is 5.75 Å². The molecule has 0 atom stereocenters. The fourth-order valence-electron chi connectivity index (χ4n) is 2.25. The highest BCUT2D eigenvalue weighted by Gasteiger charge is 2.39. The summed E-state index contributed by atoms with van der Waals surface area (Å²) in [5.41, 5.74) is -0.473. The highest BCUT2D eigenvalue weighted by molar-refractivity contribution is 5.93. The molecule has 1 aromatic rings. The quantitative estimate of drug-likeness (QED) is 0.489. The van der Waals surface area contributed by atoms with E-state index in [0.717, 1.165) is 25.3 Å². The van der Waals surface area contributed by atoms with Crippen LogP contribution in [0, 0.1) is 10.1 Å². The van der Waals surface area contributed by atoms with Crippen LogP contribution < -0.4 is 5.32 Å². The SMILES string of the molecule is COC1(CC(=O)Nc2ccc([N+](=O)[O-])cc2O)CCC1. The van der Waals surface area contributed by atoms with Gasteiger partial charge in [0.1, 0.15) is 5.75 Å². The summed E-state index contributed by atoms with van der Waals surface area (Å²) in [6.45, 7) is 0. The zero-order valence-electron chi connectivity index (χ0n) is 11.1. The molecule has 1 aliphatic rings. The molecule has 0 aromatic heterocycles. The zero-order chi connectivity index (χ0) is 14.8. The Balaban J connectivity index is 2.02. The van der Waals surface area contributed by atoms with E-state index in [1.54, 1.807) is 7.11 Å². The Labute approximate surface area is 115 Å². The molecule has 0 radical (unpaired) electrons. The number of nitrogens with zero attached hydrogens (tertiary/aromatic N) is 1. The number of rotatable bonds is 5. The number of ether oxygens (including phenoxy) is 1. The number of carbonyl (C=O) groups excluding carboxylic acids is 1. The Hall–Kier alpha value is -2.15. The minimum absolute atomic E-state index is 0.158. The number of carbonyl (C=O) groups is 1. The van der Waals surface area contributed by atoms with Gasteiger partial charge in [-0.1, -0.05) is 0 Å². The predicted octanol–water partition coefficient (Wildman–Crippen LogP) is 2.20. The van der Waals surface area contributed by atoms with E-state index in [1.165, 1.54) is 12.1 Å². The number of amides is 1. The summed E-state index contributed by atoms with van der Waals surface area (Å²) in [6.07, 6.45) is 2.91. The Morgan fingerprint density at radius 3 is 2.70 bits per heavy atom. The summed E-state index contributed by atoms with van der Waals surface area (Å²) in [5, 5.41) is 22.8. The van der Waals surface area contributed by atoms with Crippen molar-refractivity contribution in [3.8, 4) is 5.75 Å². The summed E-state index contributed by atoms with van der Waals surface area (Å²) >= 11 is 0. The van der Waals surface area contributed by atoms with Crippen molar-refractivity contribution in [2.45, 2.75) is 31.3 Å². The third-order valence-electron chi connectivity index (χ3n) is 3.65. The Kier molecular flexibility index (Phi) is 3.89. The molecule has 7 nitrogen and oxygen atoms in total. The van der Waals surface area contributed by atoms with Crippen LogP contribution in [0.15, 0.2) is 18.2 Å². The number of nitro groups is 1. The number of benzene rings is 1. The van der Waals surface area contributed by atoms with Crippen LogP contribution in [0.4, 0.5) is 11.4 Å². The molecular weight excluding hydrogens is 264 g/mol. The maximum atomic E-state index is 11.9. The van der Waals surface area contributed by atoms with E-state index >= 15 is 0 Å². The maximum Gasteiger partial charge on any atom is 0.273 e. The third kappa shape index (κ3) is 2.88. The summed E-state index contributed by atoms with van der Waals surface area (Å²) < 4.78 is 5.35. The van der Waals surface area contributed by atoms with Crippen molar-refractivity contribution < 1.29 is 19.6 Å². The fourth-order valence-corrected chi connectivity index (χ4v) is 2.25. The van der Waals surface area contributed by atoms with Gasteiger partial charge >= 0.3 is 0 Å². The Morgan fingerprint density at radius 1 is 1.55 bits per heavy atom. The van der Waals surface area contributed by atoms with E-state index in [-0.39, 0.29) is 29.5 Å². The minimum Gasteiger partial charge on any atom is -0.506 e. The van der Waals surface area contributed by atoms with Crippen molar-refractivity contribution in [3.05, 3.63) is 28.3 Å². The molecule has 108 valence electrons. The normalized spacial score (nSPS) is 16.2. The molecule has 20 heavy (non-hydrogen) atoms. The zero-order valence-corrected chi connectivity index (χ0v) is 11.1. The first-order valence-corrected chi connectivity index (χ1v) is 6.28. The summed E-state index contributed by atoms with van der Waals surface area (Å²) in [6, 6.07) is 3.54. The van der Waals surface area contributed by atoms with E-state index in [1.807, 2.05) is 0 Å². The summed E-state index contributed by atoms with van der Waals surface area (Å²) in [4.78, 5) is 21.9. The molecule has 0 bridgehead atoms. The van der Waals surface area contributed by atoms with Gasteiger partial charge < -0.3 is 15.2 Å². The number of phenols is 1. The number of methoxy groups -OCH3 is 1. The van der Waals surface area contributed by atoms with Gasteiger partial charge in [0.2, 0.25) is 5.91 Å². The van der Waals surface area contributed by atoms with Crippen LogP contribution in [0.1, 0.15) is 25.7 Å². The van der Waals surface area contributed by atoms with Crippen LogP contribution in [0.25, 0.3) is 0 Å². The first-order valence-electron chi connectivity index (χ1n) is 6.28. The number of non-ortho nitro benzene ring substituents is 1. The van der Waals surface area contributed by atoms with Gasteiger partial charge in [-0.2, -0.15) is 0 Å². The lowest BCUT2D eigenvalue weighted by Crippen LogP contribution is -2.42. The standard InChI is InChI=1S/C13H16N2O5/c1-20-13(5-2-6-13)8-12(17)14-10-4-3-9(15(18)19)7-11(10)16/h3-4,7,16H,2,5-6,8H2,1H3,(H,14,17). The fraction of sp³-hybridized carbons (Fsp3) is 0.462. The first-order chi connectivity index (χ1) is 9.46. The van der Waals surface area contributed by atoms with Crippen LogP contribution in [0.2, 0.25) is 0 Å². The number of aromatic hydroxyl groups is 1. The molecular formula is C13H16N2O5. The first kappa shape index (κ1) is 14.3. The van der Waals surface area contributed by atoms with Crippen molar-refractivity contribution in [3.63, 3.8) is 0 Å². The molecule has 2 N–H and O–H groups in total. The lowest BCUT2D eigenvalue weighted by molar-refractivity contribution is -0.384. The second kappa shape index (κ2) is 5.46. The smallest absolute Gasteiger partial charge is 0.273 e. The monoisotopic (exact) mass is 280 g/mol. The van der Waals surface area contributed by atoms with Gasteiger partial charge in [0.25, 0.3) is 5.69 Å². The average molecular weight is 280 g/mol. The van der Waals surface area contributed by atoms with Crippen LogP contribution >= 0.6 is 0 Å². The highest BCUT2D eigenvalue weighted by atomic mass is 16.6. The molecule has 1 aliphatic carbocycles. The van der Waals surface area contributed by atoms with Crippen LogP contribution in [0.3, 0.4) is 0 Å². The minimum atomic E-state index is -0.612. The van der Waals surface area contributed by atoms with Gasteiger partial charge in [-0.25, -0.2) is 0 Å². The molecule has 0 saturated heterocycles. The lowest BCUT2D eigenvalue weighted by Gasteiger charge is -2.39. The lowest BCUT2D eigenvalue weighted by atomic mass is 9.77. The second-order valence-corrected chi connectivity index (χ2v) is 4.92. The van der Waals surface area contributed by atoms with Crippen LogP contribution in [-0.2, 0) is 9.53 Å². The van der Waals surface area contributed by atoms with E-state index < -0.39 is 10.5 Å². The van der Waals surface area contributed by atoms with E-state index in [0.29, 0.717) is 0 Å². The van der Waals surface area contributed by atoms with E-state index in [9.17, 15) is 20.0 Å². The van der Waals surface area contributed by atoms with Crippen molar-refractivity contribution >= 4 is 17.3 Å². The van der Waals surface area contributed by atoms with Crippen LogP contribution in [-0.4, -0.2) is 28.6 Å². The number of anilines is 1. The van der Waals surface area contributed by atoms with Gasteiger partial charge in [0, 0.05) is 13.2 Å². The van der Waals surface area contributed by atoms with E-state index in [4.69, 9.17) is 4.74 Å². The van der Waals surface area contributed by atoms with Crippen molar-refractivity contribution in [2.75, 3.05) is 12.4 Å². The Bertz CT molecular complexity index is 534. The Morgan fingerprint density at radius 2 is 2.25 bits per heavy atom. The average Bonchev–Trinajstić information content (AvgIpc) is 2.36. The largest absolute Gasteiger partial charge is 0.506 e. The second-order valence-electron chi connectivity index (χ2n) is 4.92. The molecule has 1 aromatic carbocycles. The number of hydrogen-bond donors (Lipinski definition) is 2. The number of hydrogen-bond acceptors (Lipinski definition) is 5. The predicted molar refractivity (Wildman–Crippen MR) is 71.6 cm³/mol. The molecule has 1 amide bonds. The van der Waals surface area contributed by atoms with Crippen molar-refractivity contribution in [2.24, 2.45) is 0 Å². The van der Waals surface area contributed by atoms with E-state index in [2.05, 4.69) is 5.32 Å². The molecule has 1 fully saturated rings. The highest BCUT2D eigenvalue weighted by Crippen LogP contribution is 2.38. The molecule has 0 unspecified atom stereocenters. The molecule has 1 saturated carbocycles. The number of nitro benzene ring substituents is 1. The maximum absolute atomic E-state index is 11.9. The molecule has 0 spiro atoms. The van der Waals surface area contributed by atoms with Gasteiger partial charge in [0.15, 0.2) is 0 Å². The third-order valence-corrected chi connectivity index (χ3v) is 3.65. The summed E-state index contributed by atoms with van der Waals surface area (Å²) in [5.74, 6) is -0.608. The van der Waals surface area contributed by atoms with Crippen molar-refractivity contribution in [1.82, 2.24) is 0 Å². The number of nitrogens with one attached hydrogen (secondary N) is 1. The van der Waals surface area contributed by atoms with Gasteiger partial charge in [-0.05, 0) is 25.3 Å². The van der Waals surface area contributed by atoms with Gasteiger partial charge in [-0.3, -0.25) is 14.9 Å². The van der Waals surface area contributed by atoms with Crippen molar-refractivity contribution in [1.29, 1.82) is 0 Å².